The minimum absolute atomic E-state index is 0.0472. The molecule has 0 aromatic heterocycles. The molecular weight excluding hydrogens is 250 g/mol. The van der Waals surface area contributed by atoms with Crippen LogP contribution in [0.5, 0.6) is 5.75 Å². The van der Waals surface area contributed by atoms with Crippen LogP contribution in [0.2, 0.25) is 0 Å². The van der Waals surface area contributed by atoms with Gasteiger partial charge in [0.1, 0.15) is 5.75 Å². The standard InChI is InChI=1S/C17H25NO2/c1-4-18(12-14-6-5-7-14)13(2)17(19)15-8-10-16(20-3)11-9-15/h8-11,13-14H,4-7,12H2,1-3H3. The van der Waals surface area contributed by atoms with E-state index in [1.807, 2.05) is 31.2 Å². The Hall–Kier alpha value is -1.35. The van der Waals surface area contributed by atoms with Gasteiger partial charge in [0, 0.05) is 12.1 Å². The molecule has 1 saturated carbocycles. The van der Waals surface area contributed by atoms with E-state index in [1.165, 1.54) is 19.3 Å². The fraction of sp³-hybridized carbons (Fsp3) is 0.588. The third-order valence-electron chi connectivity index (χ3n) is 4.43. The van der Waals surface area contributed by atoms with Crippen molar-refractivity contribution in [1.29, 1.82) is 0 Å². The van der Waals surface area contributed by atoms with E-state index in [4.69, 9.17) is 4.74 Å². The summed E-state index contributed by atoms with van der Waals surface area (Å²) in [6.45, 7) is 6.14. The number of hydrogen-bond donors (Lipinski definition) is 0. The molecule has 0 spiro atoms. The lowest BCUT2D eigenvalue weighted by Gasteiger charge is -2.34. The third-order valence-corrected chi connectivity index (χ3v) is 4.43. The second kappa shape index (κ2) is 6.89. The number of rotatable bonds is 7. The SMILES string of the molecule is CCN(CC1CCC1)C(C)C(=O)c1ccc(OC)cc1. The fourth-order valence-electron chi connectivity index (χ4n) is 2.73. The first kappa shape index (κ1) is 15.0. The molecule has 1 unspecified atom stereocenters. The van der Waals surface area contributed by atoms with Gasteiger partial charge in [0.2, 0.25) is 0 Å². The Labute approximate surface area is 121 Å². The minimum Gasteiger partial charge on any atom is -0.497 e. The number of ether oxygens (including phenoxy) is 1. The monoisotopic (exact) mass is 275 g/mol. The van der Waals surface area contributed by atoms with Crippen LogP contribution in [0.15, 0.2) is 24.3 Å². The molecule has 0 amide bonds. The Morgan fingerprint density at radius 1 is 1.35 bits per heavy atom. The molecule has 0 saturated heterocycles. The molecule has 1 aliphatic rings. The van der Waals surface area contributed by atoms with E-state index in [-0.39, 0.29) is 11.8 Å². The number of carbonyl (C=O) groups is 1. The fourth-order valence-corrected chi connectivity index (χ4v) is 2.73. The first-order chi connectivity index (χ1) is 9.65. The Bertz CT molecular complexity index is 437. The smallest absolute Gasteiger partial charge is 0.179 e. The van der Waals surface area contributed by atoms with Crippen molar-refractivity contribution in [3.63, 3.8) is 0 Å². The van der Waals surface area contributed by atoms with Crippen molar-refractivity contribution in [2.45, 2.75) is 39.2 Å². The van der Waals surface area contributed by atoms with Gasteiger partial charge in [-0.05, 0) is 56.5 Å². The normalized spacial score (nSPS) is 16.8. The van der Waals surface area contributed by atoms with Crippen LogP contribution in [0.4, 0.5) is 0 Å². The predicted molar refractivity (Wildman–Crippen MR) is 81.4 cm³/mol. The van der Waals surface area contributed by atoms with Gasteiger partial charge in [-0.15, -0.1) is 0 Å². The molecule has 0 aliphatic heterocycles. The summed E-state index contributed by atoms with van der Waals surface area (Å²) in [4.78, 5) is 14.9. The maximum absolute atomic E-state index is 12.5. The second-order valence-corrected chi connectivity index (χ2v) is 5.65. The van der Waals surface area contributed by atoms with Crippen LogP contribution in [0, 0.1) is 5.92 Å². The molecule has 1 atom stereocenters. The van der Waals surface area contributed by atoms with E-state index < -0.39 is 0 Å². The van der Waals surface area contributed by atoms with Crippen molar-refractivity contribution in [2.24, 2.45) is 5.92 Å². The topological polar surface area (TPSA) is 29.5 Å². The van der Waals surface area contributed by atoms with Gasteiger partial charge in [-0.2, -0.15) is 0 Å². The molecule has 1 aromatic rings. The Kier molecular flexibility index (Phi) is 5.18. The molecule has 110 valence electrons. The molecule has 20 heavy (non-hydrogen) atoms. The molecule has 0 N–H and O–H groups in total. The van der Waals surface area contributed by atoms with Gasteiger partial charge in [-0.1, -0.05) is 13.3 Å². The van der Waals surface area contributed by atoms with Crippen molar-refractivity contribution < 1.29 is 9.53 Å². The average molecular weight is 275 g/mol. The van der Waals surface area contributed by atoms with Gasteiger partial charge in [0.05, 0.1) is 13.2 Å². The van der Waals surface area contributed by atoms with Crippen LogP contribution in [0.25, 0.3) is 0 Å². The van der Waals surface area contributed by atoms with Crippen LogP contribution in [-0.4, -0.2) is 36.9 Å². The highest BCUT2D eigenvalue weighted by Gasteiger charge is 2.26. The predicted octanol–water partition coefficient (Wildman–Crippen LogP) is 3.39. The van der Waals surface area contributed by atoms with Crippen molar-refractivity contribution in [3.05, 3.63) is 29.8 Å². The van der Waals surface area contributed by atoms with Crippen LogP contribution < -0.4 is 4.74 Å². The maximum Gasteiger partial charge on any atom is 0.179 e. The zero-order valence-electron chi connectivity index (χ0n) is 12.8. The lowest BCUT2D eigenvalue weighted by atomic mass is 9.84. The molecule has 1 fully saturated rings. The summed E-state index contributed by atoms with van der Waals surface area (Å²) in [6, 6.07) is 7.36. The molecule has 1 aromatic carbocycles. The molecule has 0 bridgehead atoms. The molecule has 3 nitrogen and oxygen atoms in total. The van der Waals surface area contributed by atoms with Gasteiger partial charge in [0.15, 0.2) is 5.78 Å². The number of nitrogens with zero attached hydrogens (tertiary/aromatic N) is 1. The molecule has 0 heterocycles. The number of carbonyl (C=O) groups excluding carboxylic acids is 1. The van der Waals surface area contributed by atoms with E-state index in [9.17, 15) is 4.79 Å². The number of Topliss-reactive ketones (excluding diaryl/α,β-unsaturated/α-hetero) is 1. The number of ketones is 1. The highest BCUT2D eigenvalue weighted by molar-refractivity contribution is 5.99. The Morgan fingerprint density at radius 3 is 2.45 bits per heavy atom. The molecule has 2 rings (SSSR count). The van der Waals surface area contributed by atoms with Crippen molar-refractivity contribution in [2.75, 3.05) is 20.2 Å². The summed E-state index contributed by atoms with van der Waals surface area (Å²) in [7, 11) is 1.64. The summed E-state index contributed by atoms with van der Waals surface area (Å²) in [5, 5.41) is 0. The van der Waals surface area contributed by atoms with E-state index in [0.717, 1.165) is 30.3 Å². The number of benzene rings is 1. The average Bonchev–Trinajstić information content (AvgIpc) is 2.45. The van der Waals surface area contributed by atoms with Crippen molar-refractivity contribution in [1.82, 2.24) is 4.90 Å². The molecular formula is C17H25NO2. The van der Waals surface area contributed by atoms with Crippen molar-refractivity contribution >= 4 is 5.78 Å². The van der Waals surface area contributed by atoms with Crippen LogP contribution in [-0.2, 0) is 0 Å². The Balaban J connectivity index is 2.00. The van der Waals surface area contributed by atoms with Gasteiger partial charge in [0.25, 0.3) is 0 Å². The summed E-state index contributed by atoms with van der Waals surface area (Å²) < 4.78 is 5.13. The summed E-state index contributed by atoms with van der Waals surface area (Å²) in [5.74, 6) is 1.78. The Morgan fingerprint density at radius 2 is 2.00 bits per heavy atom. The van der Waals surface area contributed by atoms with Crippen LogP contribution in [0.3, 0.4) is 0 Å². The quantitative estimate of drug-likeness (QED) is 0.714. The number of likely N-dealkylation sites (N-methyl/N-ethyl adjacent to an activating group) is 1. The second-order valence-electron chi connectivity index (χ2n) is 5.65. The molecule has 0 radical (unpaired) electrons. The van der Waals surface area contributed by atoms with Gasteiger partial charge in [-0.25, -0.2) is 0 Å². The first-order valence-electron chi connectivity index (χ1n) is 7.58. The first-order valence-corrected chi connectivity index (χ1v) is 7.58. The van der Waals surface area contributed by atoms with E-state index in [2.05, 4.69) is 11.8 Å². The van der Waals surface area contributed by atoms with Crippen LogP contribution in [0.1, 0.15) is 43.5 Å². The van der Waals surface area contributed by atoms with Crippen molar-refractivity contribution in [3.8, 4) is 5.75 Å². The highest BCUT2D eigenvalue weighted by Crippen LogP contribution is 2.28. The third kappa shape index (κ3) is 3.40. The van der Waals surface area contributed by atoms with Crippen LogP contribution >= 0.6 is 0 Å². The zero-order chi connectivity index (χ0) is 14.5. The van der Waals surface area contributed by atoms with E-state index in [1.54, 1.807) is 7.11 Å². The van der Waals surface area contributed by atoms with E-state index in [0.29, 0.717) is 0 Å². The number of methoxy groups -OCH3 is 1. The molecule has 3 heteroatoms. The largest absolute Gasteiger partial charge is 0.497 e. The summed E-state index contributed by atoms with van der Waals surface area (Å²) in [5.41, 5.74) is 0.769. The summed E-state index contributed by atoms with van der Waals surface area (Å²) in [6.07, 6.45) is 3.99. The van der Waals surface area contributed by atoms with E-state index >= 15 is 0 Å². The minimum atomic E-state index is -0.0472. The molecule has 1 aliphatic carbocycles. The van der Waals surface area contributed by atoms with Gasteiger partial charge >= 0.3 is 0 Å². The highest BCUT2D eigenvalue weighted by atomic mass is 16.5. The van der Waals surface area contributed by atoms with Gasteiger partial charge in [-0.3, -0.25) is 9.69 Å². The lowest BCUT2D eigenvalue weighted by molar-refractivity contribution is 0.0789. The summed E-state index contributed by atoms with van der Waals surface area (Å²) >= 11 is 0. The zero-order valence-corrected chi connectivity index (χ0v) is 12.8. The number of hydrogen-bond acceptors (Lipinski definition) is 3. The van der Waals surface area contributed by atoms with Gasteiger partial charge < -0.3 is 4.74 Å². The lowest BCUT2D eigenvalue weighted by Crippen LogP contribution is -2.43. The maximum atomic E-state index is 12.5.